The van der Waals surface area contributed by atoms with E-state index in [0.29, 0.717) is 31.1 Å². The Kier molecular flexibility index (Phi) is 7.04. The maximum atomic E-state index is 12.2. The molecule has 2 rings (SSSR count). The Morgan fingerprint density at radius 1 is 1.12 bits per heavy atom. The quantitative estimate of drug-likeness (QED) is 0.722. The molecule has 0 saturated carbocycles. The lowest BCUT2D eigenvalue weighted by atomic mass is 9.96. The average Bonchev–Trinajstić information content (AvgIpc) is 2.65. The molecule has 1 amide bonds. The van der Waals surface area contributed by atoms with E-state index in [1.165, 1.54) is 0 Å². The van der Waals surface area contributed by atoms with Crippen LogP contribution in [-0.2, 0) is 17.9 Å². The van der Waals surface area contributed by atoms with Crippen molar-refractivity contribution in [3.05, 3.63) is 59.7 Å². The number of hydrogen-bond donors (Lipinski definition) is 2. The first-order valence-electron chi connectivity index (χ1n) is 8.87. The lowest BCUT2D eigenvalue weighted by Gasteiger charge is -2.23. The van der Waals surface area contributed by atoms with Crippen LogP contribution in [0.2, 0.25) is 0 Å². The number of rotatable bonds is 9. The maximum absolute atomic E-state index is 12.2. The van der Waals surface area contributed by atoms with Crippen molar-refractivity contribution in [1.29, 1.82) is 0 Å². The Bertz CT molecular complexity index is 714. The number of methoxy groups -OCH3 is 1. The van der Waals surface area contributed by atoms with Gasteiger partial charge in [0.1, 0.15) is 6.61 Å². The first kappa shape index (κ1) is 19.8. The van der Waals surface area contributed by atoms with Crippen molar-refractivity contribution in [3.63, 3.8) is 0 Å². The van der Waals surface area contributed by atoms with Crippen LogP contribution in [0.4, 0.5) is 0 Å². The van der Waals surface area contributed by atoms with Crippen LogP contribution < -0.4 is 20.5 Å². The largest absolute Gasteiger partial charge is 0.493 e. The SMILES string of the molecule is CCCC(C)(N)C(=O)NCc1ccc(OCc2ccccc2)c(OC)c1. The van der Waals surface area contributed by atoms with E-state index >= 15 is 0 Å². The van der Waals surface area contributed by atoms with Crippen LogP contribution >= 0.6 is 0 Å². The van der Waals surface area contributed by atoms with E-state index in [2.05, 4.69) is 5.32 Å². The van der Waals surface area contributed by atoms with Gasteiger partial charge in [-0.1, -0.05) is 49.7 Å². The molecule has 0 aliphatic heterocycles. The van der Waals surface area contributed by atoms with Gasteiger partial charge >= 0.3 is 0 Å². The summed E-state index contributed by atoms with van der Waals surface area (Å²) in [6.07, 6.45) is 1.51. The molecule has 0 aliphatic rings. The zero-order valence-corrected chi connectivity index (χ0v) is 15.7. The van der Waals surface area contributed by atoms with Gasteiger partial charge < -0.3 is 20.5 Å². The third-order valence-electron chi connectivity index (χ3n) is 4.21. The molecular formula is C21H28N2O3. The first-order valence-corrected chi connectivity index (χ1v) is 8.87. The second kappa shape index (κ2) is 9.25. The monoisotopic (exact) mass is 356 g/mol. The van der Waals surface area contributed by atoms with Gasteiger partial charge in [-0.2, -0.15) is 0 Å². The van der Waals surface area contributed by atoms with Gasteiger partial charge in [0.15, 0.2) is 11.5 Å². The zero-order chi connectivity index (χ0) is 19.0. The van der Waals surface area contributed by atoms with Crippen molar-refractivity contribution in [3.8, 4) is 11.5 Å². The van der Waals surface area contributed by atoms with E-state index in [-0.39, 0.29) is 5.91 Å². The minimum atomic E-state index is -0.850. The summed E-state index contributed by atoms with van der Waals surface area (Å²) < 4.78 is 11.3. The zero-order valence-electron chi connectivity index (χ0n) is 15.7. The van der Waals surface area contributed by atoms with Crippen LogP contribution in [0.15, 0.2) is 48.5 Å². The highest BCUT2D eigenvalue weighted by atomic mass is 16.5. The standard InChI is InChI=1S/C21H28N2O3/c1-4-12-21(2,22)20(24)23-14-17-10-11-18(19(13-17)25-3)26-15-16-8-6-5-7-9-16/h5-11,13H,4,12,14-15,22H2,1-3H3,(H,23,24). The summed E-state index contributed by atoms with van der Waals surface area (Å²) in [4.78, 5) is 12.2. The predicted octanol–water partition coefficient (Wildman–Crippen LogP) is 3.41. The molecule has 0 aliphatic carbocycles. The van der Waals surface area contributed by atoms with Crippen molar-refractivity contribution in [2.45, 2.75) is 45.4 Å². The van der Waals surface area contributed by atoms with Crippen LogP contribution in [0.5, 0.6) is 11.5 Å². The van der Waals surface area contributed by atoms with Gasteiger partial charge in [-0.3, -0.25) is 4.79 Å². The molecule has 5 heteroatoms. The van der Waals surface area contributed by atoms with Gasteiger partial charge in [0.25, 0.3) is 0 Å². The second-order valence-corrected chi connectivity index (χ2v) is 6.61. The van der Waals surface area contributed by atoms with E-state index in [1.54, 1.807) is 14.0 Å². The van der Waals surface area contributed by atoms with Crippen molar-refractivity contribution < 1.29 is 14.3 Å². The first-order chi connectivity index (χ1) is 12.5. The van der Waals surface area contributed by atoms with E-state index in [4.69, 9.17) is 15.2 Å². The number of carbonyl (C=O) groups is 1. The van der Waals surface area contributed by atoms with E-state index in [1.807, 2.05) is 55.5 Å². The van der Waals surface area contributed by atoms with Crippen molar-refractivity contribution in [2.24, 2.45) is 5.73 Å². The van der Waals surface area contributed by atoms with E-state index in [0.717, 1.165) is 17.5 Å². The molecule has 2 aromatic rings. The number of ether oxygens (including phenoxy) is 2. The number of benzene rings is 2. The Morgan fingerprint density at radius 3 is 2.50 bits per heavy atom. The van der Waals surface area contributed by atoms with Gasteiger partial charge in [0.2, 0.25) is 5.91 Å². The van der Waals surface area contributed by atoms with Crippen molar-refractivity contribution >= 4 is 5.91 Å². The summed E-state index contributed by atoms with van der Waals surface area (Å²) in [5, 5.41) is 2.89. The van der Waals surface area contributed by atoms with Gasteiger partial charge in [0.05, 0.1) is 12.6 Å². The van der Waals surface area contributed by atoms with Gasteiger partial charge in [-0.05, 0) is 36.6 Å². The van der Waals surface area contributed by atoms with Gasteiger partial charge in [-0.25, -0.2) is 0 Å². The molecule has 5 nitrogen and oxygen atoms in total. The third kappa shape index (κ3) is 5.49. The normalized spacial score (nSPS) is 12.9. The van der Waals surface area contributed by atoms with Crippen molar-refractivity contribution in [1.82, 2.24) is 5.32 Å². The van der Waals surface area contributed by atoms with E-state index in [9.17, 15) is 4.79 Å². The Balaban J connectivity index is 1.98. The summed E-state index contributed by atoms with van der Waals surface area (Å²) in [5.41, 5.74) is 7.22. The maximum Gasteiger partial charge on any atom is 0.240 e. The summed E-state index contributed by atoms with van der Waals surface area (Å²) in [6.45, 7) is 4.63. The Morgan fingerprint density at radius 2 is 1.85 bits per heavy atom. The molecule has 26 heavy (non-hydrogen) atoms. The molecule has 0 spiro atoms. The highest BCUT2D eigenvalue weighted by Gasteiger charge is 2.26. The van der Waals surface area contributed by atoms with Crippen LogP contribution in [0.3, 0.4) is 0 Å². The molecule has 0 saturated heterocycles. The van der Waals surface area contributed by atoms with Crippen LogP contribution in [0.25, 0.3) is 0 Å². The fourth-order valence-electron chi connectivity index (χ4n) is 2.69. The van der Waals surface area contributed by atoms with Crippen LogP contribution in [0, 0.1) is 0 Å². The minimum Gasteiger partial charge on any atom is -0.493 e. The highest BCUT2D eigenvalue weighted by molar-refractivity contribution is 5.85. The predicted molar refractivity (Wildman–Crippen MR) is 103 cm³/mol. The topological polar surface area (TPSA) is 73.6 Å². The molecule has 0 bridgehead atoms. The molecule has 1 atom stereocenters. The highest BCUT2D eigenvalue weighted by Crippen LogP contribution is 2.29. The van der Waals surface area contributed by atoms with Gasteiger partial charge in [-0.15, -0.1) is 0 Å². The number of nitrogens with two attached hydrogens (primary N) is 1. The molecule has 0 heterocycles. The molecule has 0 aromatic heterocycles. The van der Waals surface area contributed by atoms with Gasteiger partial charge in [0, 0.05) is 6.54 Å². The molecule has 3 N–H and O–H groups in total. The summed E-state index contributed by atoms with van der Waals surface area (Å²) in [7, 11) is 1.60. The van der Waals surface area contributed by atoms with Crippen LogP contribution in [0.1, 0.15) is 37.8 Å². The van der Waals surface area contributed by atoms with Crippen LogP contribution in [-0.4, -0.2) is 18.6 Å². The fraction of sp³-hybridized carbons (Fsp3) is 0.381. The molecule has 1 unspecified atom stereocenters. The lowest BCUT2D eigenvalue weighted by Crippen LogP contribution is -2.51. The summed E-state index contributed by atoms with van der Waals surface area (Å²) in [5.74, 6) is 1.15. The average molecular weight is 356 g/mol. The van der Waals surface area contributed by atoms with E-state index < -0.39 is 5.54 Å². The second-order valence-electron chi connectivity index (χ2n) is 6.61. The molecule has 0 radical (unpaired) electrons. The smallest absolute Gasteiger partial charge is 0.240 e. The number of hydrogen-bond acceptors (Lipinski definition) is 4. The molecule has 140 valence electrons. The lowest BCUT2D eigenvalue weighted by molar-refractivity contribution is -0.126. The fourth-order valence-corrected chi connectivity index (χ4v) is 2.69. The molecular weight excluding hydrogens is 328 g/mol. The third-order valence-corrected chi connectivity index (χ3v) is 4.21. The molecule has 0 fully saturated rings. The Hall–Kier alpha value is -2.53. The minimum absolute atomic E-state index is 0.150. The summed E-state index contributed by atoms with van der Waals surface area (Å²) in [6, 6.07) is 15.6. The molecule has 2 aromatic carbocycles. The number of carbonyl (C=O) groups excluding carboxylic acids is 1. The summed E-state index contributed by atoms with van der Waals surface area (Å²) >= 11 is 0. The number of nitrogens with one attached hydrogen (secondary N) is 1. The Labute approximate surface area is 155 Å². The van der Waals surface area contributed by atoms with Crippen molar-refractivity contribution in [2.75, 3.05) is 7.11 Å². The number of amides is 1.